The molecule has 1 saturated heterocycles. The number of methoxy groups -OCH3 is 1. The first-order chi connectivity index (χ1) is 13.6. The van der Waals surface area contributed by atoms with Gasteiger partial charge in [0.05, 0.1) is 43.1 Å². The average molecular weight is 403 g/mol. The molecule has 1 fully saturated rings. The molecule has 0 atom stereocenters. The Balaban J connectivity index is 1.76. The molecule has 9 heteroatoms. The van der Waals surface area contributed by atoms with Gasteiger partial charge in [-0.05, 0) is 0 Å². The fourth-order valence-electron chi connectivity index (χ4n) is 3.06. The van der Waals surface area contributed by atoms with Crippen LogP contribution in [0.4, 0.5) is 11.5 Å². The number of rotatable bonds is 5. The zero-order valence-corrected chi connectivity index (χ0v) is 15.9. The second-order valence-corrected chi connectivity index (χ2v) is 6.69. The molecule has 1 aromatic carbocycles. The van der Waals surface area contributed by atoms with Gasteiger partial charge < -0.3 is 24.6 Å². The maximum Gasteiger partial charge on any atom is 0.152 e. The number of phenolic OH excluding ortho intramolecular Hbond substituents is 1. The predicted octanol–water partition coefficient (Wildman–Crippen LogP) is 3.69. The number of fused-ring (bicyclic) bond motifs is 1. The minimum atomic E-state index is -0.00567. The van der Waals surface area contributed by atoms with Crippen LogP contribution >= 0.6 is 11.6 Å². The normalized spacial score (nSPS) is 14.8. The third kappa shape index (κ3) is 3.88. The molecule has 3 heterocycles. The van der Waals surface area contributed by atoms with Gasteiger partial charge in [-0.1, -0.05) is 11.6 Å². The van der Waals surface area contributed by atoms with E-state index in [1.807, 2.05) is 0 Å². The van der Waals surface area contributed by atoms with Crippen molar-refractivity contribution < 1.29 is 19.3 Å². The number of aromatic nitrogens is 3. The van der Waals surface area contributed by atoms with E-state index in [9.17, 15) is 5.11 Å². The monoisotopic (exact) mass is 402 g/mol. The summed E-state index contributed by atoms with van der Waals surface area (Å²) in [4.78, 5) is 12.7. The highest BCUT2D eigenvalue weighted by Crippen LogP contribution is 2.37. The standard InChI is InChI=1S/C19H19ClN4O4/c1-26-13-8-15(18(20)21-9-13)24-19-17-14(22-10-23-19)6-11(25)7-16(17)28-12-2-4-27-5-3-12/h6-10,12,25H,2-5H2,1H3,(H,22,23,24). The molecule has 0 aliphatic carbocycles. The van der Waals surface area contributed by atoms with E-state index in [-0.39, 0.29) is 17.0 Å². The number of benzene rings is 1. The van der Waals surface area contributed by atoms with Gasteiger partial charge >= 0.3 is 0 Å². The Morgan fingerprint density at radius 1 is 1.18 bits per heavy atom. The van der Waals surface area contributed by atoms with Gasteiger partial charge in [-0.15, -0.1) is 0 Å². The van der Waals surface area contributed by atoms with Crippen LogP contribution in [0.1, 0.15) is 12.8 Å². The van der Waals surface area contributed by atoms with Crippen LogP contribution < -0.4 is 14.8 Å². The smallest absolute Gasteiger partial charge is 0.152 e. The number of pyridine rings is 1. The van der Waals surface area contributed by atoms with Crippen molar-refractivity contribution in [2.45, 2.75) is 18.9 Å². The van der Waals surface area contributed by atoms with Gasteiger partial charge in [0.25, 0.3) is 0 Å². The second-order valence-electron chi connectivity index (χ2n) is 6.33. The van der Waals surface area contributed by atoms with Crippen LogP contribution in [0.15, 0.2) is 30.7 Å². The van der Waals surface area contributed by atoms with Gasteiger partial charge in [0, 0.05) is 31.0 Å². The van der Waals surface area contributed by atoms with E-state index >= 15 is 0 Å². The molecule has 1 aliphatic heterocycles. The fourth-order valence-corrected chi connectivity index (χ4v) is 3.21. The first-order valence-corrected chi connectivity index (χ1v) is 9.20. The van der Waals surface area contributed by atoms with Crippen LogP contribution in [0.3, 0.4) is 0 Å². The highest BCUT2D eigenvalue weighted by atomic mass is 35.5. The second kappa shape index (κ2) is 8.04. The molecule has 3 aromatic rings. The third-order valence-electron chi connectivity index (χ3n) is 4.45. The van der Waals surface area contributed by atoms with E-state index in [4.69, 9.17) is 25.8 Å². The number of ether oxygens (including phenoxy) is 3. The predicted molar refractivity (Wildman–Crippen MR) is 105 cm³/mol. The van der Waals surface area contributed by atoms with E-state index in [0.29, 0.717) is 47.1 Å². The van der Waals surface area contributed by atoms with Gasteiger partial charge in [-0.2, -0.15) is 0 Å². The number of halogens is 1. The van der Waals surface area contributed by atoms with Crippen LogP contribution in [-0.2, 0) is 4.74 Å². The van der Waals surface area contributed by atoms with Crippen molar-refractivity contribution in [1.82, 2.24) is 15.0 Å². The molecule has 0 saturated carbocycles. The Morgan fingerprint density at radius 3 is 2.79 bits per heavy atom. The number of hydrogen-bond donors (Lipinski definition) is 2. The molecular formula is C19H19ClN4O4. The minimum absolute atomic E-state index is 0.00567. The Bertz CT molecular complexity index is 995. The summed E-state index contributed by atoms with van der Waals surface area (Å²) in [7, 11) is 1.55. The van der Waals surface area contributed by atoms with Gasteiger partial charge in [-0.25, -0.2) is 15.0 Å². The molecule has 2 N–H and O–H groups in total. The van der Waals surface area contributed by atoms with Crippen molar-refractivity contribution in [2.75, 3.05) is 25.6 Å². The average Bonchev–Trinajstić information content (AvgIpc) is 2.70. The van der Waals surface area contributed by atoms with Crippen molar-refractivity contribution in [3.8, 4) is 17.2 Å². The number of phenols is 1. The SMILES string of the molecule is COc1cnc(Cl)c(Nc2ncnc3cc(O)cc(OC4CCOCC4)c23)c1. The molecule has 0 amide bonds. The Labute approximate surface area is 166 Å². The van der Waals surface area contributed by atoms with E-state index in [1.165, 1.54) is 12.5 Å². The lowest BCUT2D eigenvalue weighted by atomic mass is 10.1. The van der Waals surface area contributed by atoms with E-state index < -0.39 is 0 Å². The van der Waals surface area contributed by atoms with E-state index in [0.717, 1.165) is 12.8 Å². The quantitative estimate of drug-likeness (QED) is 0.623. The summed E-state index contributed by atoms with van der Waals surface area (Å²) in [6, 6.07) is 4.85. The lowest BCUT2D eigenvalue weighted by molar-refractivity contribution is 0.0261. The van der Waals surface area contributed by atoms with Crippen LogP contribution in [0.5, 0.6) is 17.2 Å². The number of nitrogens with zero attached hydrogens (tertiary/aromatic N) is 3. The zero-order chi connectivity index (χ0) is 19.5. The first kappa shape index (κ1) is 18.5. The number of nitrogens with one attached hydrogen (secondary N) is 1. The molecule has 4 rings (SSSR count). The summed E-state index contributed by atoms with van der Waals surface area (Å²) in [6.07, 6.45) is 4.49. The van der Waals surface area contributed by atoms with Crippen LogP contribution in [0.2, 0.25) is 5.15 Å². The van der Waals surface area contributed by atoms with Crippen LogP contribution in [0, 0.1) is 0 Å². The van der Waals surface area contributed by atoms with Crippen molar-refractivity contribution in [3.05, 3.63) is 35.9 Å². The molecule has 28 heavy (non-hydrogen) atoms. The Hall–Kier alpha value is -2.84. The van der Waals surface area contributed by atoms with Gasteiger partial charge in [-0.3, -0.25) is 0 Å². The first-order valence-electron chi connectivity index (χ1n) is 8.82. The van der Waals surface area contributed by atoms with Crippen molar-refractivity contribution in [3.63, 3.8) is 0 Å². The number of anilines is 2. The molecule has 0 spiro atoms. The summed E-state index contributed by atoms with van der Waals surface area (Å²) >= 11 is 6.22. The van der Waals surface area contributed by atoms with Gasteiger partial charge in [0.2, 0.25) is 0 Å². The molecule has 0 unspecified atom stereocenters. The fraction of sp³-hybridized carbons (Fsp3) is 0.316. The maximum absolute atomic E-state index is 10.1. The highest BCUT2D eigenvalue weighted by Gasteiger charge is 2.20. The third-order valence-corrected chi connectivity index (χ3v) is 4.75. The van der Waals surface area contributed by atoms with E-state index in [2.05, 4.69) is 20.3 Å². The van der Waals surface area contributed by atoms with Crippen molar-refractivity contribution >= 4 is 34.0 Å². The zero-order valence-electron chi connectivity index (χ0n) is 15.2. The molecule has 0 radical (unpaired) electrons. The minimum Gasteiger partial charge on any atom is -0.508 e. The summed E-state index contributed by atoms with van der Waals surface area (Å²) in [5.74, 6) is 1.61. The Morgan fingerprint density at radius 2 is 2.00 bits per heavy atom. The van der Waals surface area contributed by atoms with E-state index in [1.54, 1.807) is 25.3 Å². The lowest BCUT2D eigenvalue weighted by Crippen LogP contribution is -2.26. The molecule has 8 nitrogen and oxygen atoms in total. The van der Waals surface area contributed by atoms with Crippen molar-refractivity contribution in [1.29, 1.82) is 0 Å². The number of hydrogen-bond acceptors (Lipinski definition) is 8. The summed E-state index contributed by atoms with van der Waals surface area (Å²) in [5, 5.41) is 14.2. The van der Waals surface area contributed by atoms with Crippen LogP contribution in [-0.4, -0.2) is 46.5 Å². The summed E-state index contributed by atoms with van der Waals surface area (Å²) in [5.41, 5.74) is 1.08. The lowest BCUT2D eigenvalue weighted by Gasteiger charge is -2.24. The molecule has 146 valence electrons. The van der Waals surface area contributed by atoms with Gasteiger partial charge in [0.15, 0.2) is 5.15 Å². The molecular weight excluding hydrogens is 384 g/mol. The summed E-state index contributed by atoms with van der Waals surface area (Å²) < 4.78 is 16.8. The number of aromatic hydroxyl groups is 1. The topological polar surface area (TPSA) is 98.6 Å². The van der Waals surface area contributed by atoms with Crippen LogP contribution in [0.25, 0.3) is 10.9 Å². The maximum atomic E-state index is 10.1. The van der Waals surface area contributed by atoms with Crippen molar-refractivity contribution in [2.24, 2.45) is 0 Å². The van der Waals surface area contributed by atoms with Gasteiger partial charge in [0.1, 0.15) is 35.5 Å². The Kier molecular flexibility index (Phi) is 5.31. The molecule has 1 aliphatic rings. The molecule has 0 bridgehead atoms. The summed E-state index contributed by atoms with van der Waals surface area (Å²) in [6.45, 7) is 1.29. The largest absolute Gasteiger partial charge is 0.508 e. The molecule has 2 aromatic heterocycles. The highest BCUT2D eigenvalue weighted by molar-refractivity contribution is 6.32.